The van der Waals surface area contributed by atoms with E-state index in [4.69, 9.17) is 10.5 Å². The summed E-state index contributed by atoms with van der Waals surface area (Å²) in [5, 5.41) is 3.20. The van der Waals surface area contributed by atoms with Crippen LogP contribution in [-0.4, -0.2) is 30.3 Å². The molecule has 4 nitrogen and oxygen atoms in total. The molecular weight excluding hydrogens is 202 g/mol. The van der Waals surface area contributed by atoms with Crippen molar-refractivity contribution in [1.29, 1.82) is 0 Å². The molecule has 0 aromatic heterocycles. The standard InChI is InChI=1S/C12H23N3O/c1-12(2,3)15-11(13)14-9-6-7-16-10(9)8-4-5-8/h8-10H,4-7H2,1-3H3,(H3,13,14,15). The van der Waals surface area contributed by atoms with Crippen LogP contribution in [0.25, 0.3) is 0 Å². The Morgan fingerprint density at radius 3 is 2.56 bits per heavy atom. The van der Waals surface area contributed by atoms with Gasteiger partial charge in [0.25, 0.3) is 0 Å². The molecule has 16 heavy (non-hydrogen) atoms. The summed E-state index contributed by atoms with van der Waals surface area (Å²) in [6.07, 6.45) is 3.92. The molecule has 0 amide bonds. The number of hydrogen-bond acceptors (Lipinski definition) is 2. The van der Waals surface area contributed by atoms with Gasteiger partial charge in [0.05, 0.1) is 12.1 Å². The fourth-order valence-corrected chi connectivity index (χ4v) is 2.21. The van der Waals surface area contributed by atoms with Crippen LogP contribution in [0.2, 0.25) is 0 Å². The SMILES string of the molecule is CC(C)(C)NC(N)=NC1CCOC1C1CC1. The molecule has 92 valence electrons. The first kappa shape index (κ1) is 11.7. The fraction of sp³-hybridized carbons (Fsp3) is 0.917. The van der Waals surface area contributed by atoms with Gasteiger partial charge < -0.3 is 15.8 Å². The summed E-state index contributed by atoms with van der Waals surface area (Å²) >= 11 is 0. The number of nitrogens with one attached hydrogen (secondary N) is 1. The second kappa shape index (κ2) is 4.24. The molecule has 2 rings (SSSR count). The van der Waals surface area contributed by atoms with Gasteiger partial charge in [0, 0.05) is 12.1 Å². The Balaban J connectivity index is 1.93. The minimum atomic E-state index is -0.0257. The summed E-state index contributed by atoms with van der Waals surface area (Å²) in [6.45, 7) is 7.08. The van der Waals surface area contributed by atoms with Crippen molar-refractivity contribution < 1.29 is 4.74 Å². The fourth-order valence-electron chi connectivity index (χ4n) is 2.21. The molecule has 2 atom stereocenters. The van der Waals surface area contributed by atoms with E-state index in [0.29, 0.717) is 12.1 Å². The van der Waals surface area contributed by atoms with Crippen molar-refractivity contribution in [3.05, 3.63) is 0 Å². The molecule has 3 N–H and O–H groups in total. The number of hydrogen-bond donors (Lipinski definition) is 2. The smallest absolute Gasteiger partial charge is 0.189 e. The van der Waals surface area contributed by atoms with Crippen LogP contribution in [0.4, 0.5) is 0 Å². The van der Waals surface area contributed by atoms with Crippen molar-refractivity contribution in [1.82, 2.24) is 5.32 Å². The Bertz CT molecular complexity index is 278. The molecule has 4 heteroatoms. The second-order valence-electron chi connectivity index (χ2n) is 5.92. The molecule has 1 saturated heterocycles. The molecule has 2 unspecified atom stereocenters. The van der Waals surface area contributed by atoms with Gasteiger partial charge in [-0.05, 0) is 46.0 Å². The molecule has 0 radical (unpaired) electrons. The number of guanidine groups is 1. The van der Waals surface area contributed by atoms with E-state index in [2.05, 4.69) is 31.1 Å². The molecule has 1 saturated carbocycles. The lowest BCUT2D eigenvalue weighted by Gasteiger charge is -2.22. The van der Waals surface area contributed by atoms with Crippen LogP contribution >= 0.6 is 0 Å². The van der Waals surface area contributed by atoms with Gasteiger partial charge in [-0.3, -0.25) is 0 Å². The zero-order valence-corrected chi connectivity index (χ0v) is 10.5. The first-order valence-electron chi connectivity index (χ1n) is 6.19. The van der Waals surface area contributed by atoms with Gasteiger partial charge in [0.2, 0.25) is 0 Å². The van der Waals surface area contributed by atoms with E-state index in [1.165, 1.54) is 12.8 Å². The molecular formula is C12H23N3O. The number of nitrogens with zero attached hydrogens (tertiary/aromatic N) is 1. The van der Waals surface area contributed by atoms with Crippen molar-refractivity contribution in [3.8, 4) is 0 Å². The van der Waals surface area contributed by atoms with Crippen LogP contribution in [0.3, 0.4) is 0 Å². The lowest BCUT2D eigenvalue weighted by atomic mass is 10.1. The average molecular weight is 225 g/mol. The maximum absolute atomic E-state index is 5.91. The summed E-state index contributed by atoms with van der Waals surface area (Å²) in [6, 6.07) is 0.266. The first-order chi connectivity index (χ1) is 7.46. The highest BCUT2D eigenvalue weighted by atomic mass is 16.5. The maximum atomic E-state index is 5.91. The zero-order valence-electron chi connectivity index (χ0n) is 10.5. The van der Waals surface area contributed by atoms with Crippen LogP contribution < -0.4 is 11.1 Å². The van der Waals surface area contributed by atoms with E-state index in [1.807, 2.05) is 0 Å². The van der Waals surface area contributed by atoms with Gasteiger partial charge in [-0.1, -0.05) is 0 Å². The van der Waals surface area contributed by atoms with E-state index >= 15 is 0 Å². The second-order valence-corrected chi connectivity index (χ2v) is 5.92. The quantitative estimate of drug-likeness (QED) is 0.549. The predicted octanol–water partition coefficient (Wildman–Crippen LogP) is 1.26. The monoisotopic (exact) mass is 225 g/mol. The Kier molecular flexibility index (Phi) is 3.10. The number of ether oxygens (including phenoxy) is 1. The molecule has 1 aliphatic heterocycles. The van der Waals surface area contributed by atoms with Crippen molar-refractivity contribution in [2.75, 3.05) is 6.61 Å². The summed E-state index contributed by atoms with van der Waals surface area (Å²) in [7, 11) is 0. The molecule has 0 aromatic rings. The summed E-state index contributed by atoms with van der Waals surface area (Å²) < 4.78 is 5.73. The van der Waals surface area contributed by atoms with E-state index < -0.39 is 0 Å². The highest BCUT2D eigenvalue weighted by Gasteiger charge is 2.40. The molecule has 0 bridgehead atoms. The highest BCUT2D eigenvalue weighted by Crippen LogP contribution is 2.39. The van der Waals surface area contributed by atoms with E-state index in [-0.39, 0.29) is 11.6 Å². The van der Waals surface area contributed by atoms with Gasteiger partial charge in [0.1, 0.15) is 0 Å². The summed E-state index contributed by atoms with van der Waals surface area (Å²) in [5.74, 6) is 1.28. The Hall–Kier alpha value is -0.770. The first-order valence-corrected chi connectivity index (χ1v) is 6.19. The lowest BCUT2D eigenvalue weighted by molar-refractivity contribution is 0.0874. The van der Waals surface area contributed by atoms with E-state index in [0.717, 1.165) is 18.9 Å². The van der Waals surface area contributed by atoms with E-state index in [1.54, 1.807) is 0 Å². The van der Waals surface area contributed by atoms with Gasteiger partial charge in [-0.25, -0.2) is 4.99 Å². The van der Waals surface area contributed by atoms with Crippen molar-refractivity contribution in [2.45, 2.75) is 57.7 Å². The summed E-state index contributed by atoms with van der Waals surface area (Å²) in [5.41, 5.74) is 5.88. The van der Waals surface area contributed by atoms with Gasteiger partial charge >= 0.3 is 0 Å². The number of aliphatic imine (C=N–C) groups is 1. The number of nitrogens with two attached hydrogens (primary N) is 1. The van der Waals surface area contributed by atoms with Gasteiger partial charge in [-0.15, -0.1) is 0 Å². The maximum Gasteiger partial charge on any atom is 0.189 e. The number of rotatable bonds is 2. The normalized spacial score (nSPS) is 31.8. The predicted molar refractivity (Wildman–Crippen MR) is 65.4 cm³/mol. The Labute approximate surface area is 97.6 Å². The third-order valence-electron chi connectivity index (χ3n) is 3.00. The zero-order chi connectivity index (χ0) is 11.8. The van der Waals surface area contributed by atoms with Crippen LogP contribution in [0.1, 0.15) is 40.0 Å². The highest BCUT2D eigenvalue weighted by molar-refractivity contribution is 5.78. The van der Waals surface area contributed by atoms with Gasteiger partial charge in [-0.2, -0.15) is 0 Å². The van der Waals surface area contributed by atoms with E-state index in [9.17, 15) is 0 Å². The molecule has 1 heterocycles. The minimum absolute atomic E-state index is 0.0257. The largest absolute Gasteiger partial charge is 0.376 e. The van der Waals surface area contributed by atoms with Crippen LogP contribution in [0, 0.1) is 5.92 Å². The van der Waals surface area contributed by atoms with Crippen LogP contribution in [-0.2, 0) is 4.74 Å². The molecule has 2 aliphatic rings. The van der Waals surface area contributed by atoms with Crippen LogP contribution in [0.15, 0.2) is 4.99 Å². The average Bonchev–Trinajstić information content (AvgIpc) is 2.85. The molecule has 1 aliphatic carbocycles. The molecule has 2 fully saturated rings. The lowest BCUT2D eigenvalue weighted by Crippen LogP contribution is -2.46. The topological polar surface area (TPSA) is 59.6 Å². The Morgan fingerprint density at radius 2 is 2.00 bits per heavy atom. The summed E-state index contributed by atoms with van der Waals surface area (Å²) in [4.78, 5) is 4.56. The Morgan fingerprint density at radius 1 is 1.31 bits per heavy atom. The van der Waals surface area contributed by atoms with Crippen molar-refractivity contribution in [3.63, 3.8) is 0 Å². The molecule has 0 aromatic carbocycles. The van der Waals surface area contributed by atoms with Gasteiger partial charge in [0.15, 0.2) is 5.96 Å². The van der Waals surface area contributed by atoms with Crippen LogP contribution in [0.5, 0.6) is 0 Å². The third kappa shape index (κ3) is 3.11. The van der Waals surface area contributed by atoms with Crippen molar-refractivity contribution >= 4 is 5.96 Å². The minimum Gasteiger partial charge on any atom is -0.376 e. The van der Waals surface area contributed by atoms with Crippen molar-refractivity contribution in [2.24, 2.45) is 16.6 Å². The molecule has 0 spiro atoms. The third-order valence-corrected chi connectivity index (χ3v) is 3.00.